The van der Waals surface area contributed by atoms with E-state index in [0.717, 1.165) is 6.42 Å². The van der Waals surface area contributed by atoms with E-state index in [-0.39, 0.29) is 18.5 Å². The van der Waals surface area contributed by atoms with Crippen molar-refractivity contribution in [3.8, 4) is 0 Å². The van der Waals surface area contributed by atoms with Crippen LogP contribution >= 0.6 is 15.9 Å². The molecule has 0 radical (unpaired) electrons. The van der Waals surface area contributed by atoms with Crippen LogP contribution in [0.5, 0.6) is 0 Å². The maximum Gasteiger partial charge on any atom is 0.214 e. The second kappa shape index (κ2) is 6.93. The van der Waals surface area contributed by atoms with Crippen molar-refractivity contribution in [1.29, 1.82) is 0 Å². The molecule has 0 spiro atoms. The third kappa shape index (κ3) is 6.83. The molecular weight excluding hydrogens is 294 g/mol. The maximum atomic E-state index is 11.7. The molecule has 0 aliphatic heterocycles. The van der Waals surface area contributed by atoms with Crippen LogP contribution in [0.15, 0.2) is 0 Å². The first-order valence-corrected chi connectivity index (χ1v) is 8.21. The minimum Gasteiger partial charge on any atom is -0.378 e. The highest BCUT2D eigenvalue weighted by molar-refractivity contribution is 9.09. The molecule has 16 heavy (non-hydrogen) atoms. The molecule has 98 valence electrons. The number of alkyl halides is 1. The molecule has 1 unspecified atom stereocenters. The Morgan fingerprint density at radius 2 is 2.00 bits per heavy atom. The lowest BCUT2D eigenvalue weighted by Crippen LogP contribution is -2.48. The SMILES string of the molecule is CCC(C)(CBr)NS(=O)(=O)CCOC(C)C. The third-order valence-electron chi connectivity index (χ3n) is 2.28. The summed E-state index contributed by atoms with van der Waals surface area (Å²) >= 11 is 3.32. The molecule has 0 rings (SSSR count). The Hall–Kier alpha value is 0.350. The van der Waals surface area contributed by atoms with Gasteiger partial charge < -0.3 is 4.74 Å². The van der Waals surface area contributed by atoms with Crippen LogP contribution in [0.4, 0.5) is 0 Å². The largest absolute Gasteiger partial charge is 0.378 e. The molecule has 0 aromatic carbocycles. The van der Waals surface area contributed by atoms with E-state index >= 15 is 0 Å². The molecule has 0 fully saturated rings. The zero-order valence-corrected chi connectivity index (χ0v) is 12.8. The Balaban J connectivity index is 4.24. The lowest BCUT2D eigenvalue weighted by molar-refractivity contribution is 0.0910. The van der Waals surface area contributed by atoms with Crippen molar-refractivity contribution in [3.05, 3.63) is 0 Å². The van der Waals surface area contributed by atoms with Gasteiger partial charge in [-0.05, 0) is 27.2 Å². The summed E-state index contributed by atoms with van der Waals surface area (Å²) in [6.45, 7) is 7.83. The van der Waals surface area contributed by atoms with E-state index in [0.29, 0.717) is 5.33 Å². The van der Waals surface area contributed by atoms with Gasteiger partial charge >= 0.3 is 0 Å². The van der Waals surface area contributed by atoms with Crippen LogP contribution in [0.25, 0.3) is 0 Å². The van der Waals surface area contributed by atoms with Crippen molar-refractivity contribution >= 4 is 26.0 Å². The lowest BCUT2D eigenvalue weighted by Gasteiger charge is -2.26. The monoisotopic (exact) mass is 315 g/mol. The number of hydrogen-bond donors (Lipinski definition) is 1. The summed E-state index contributed by atoms with van der Waals surface area (Å²) in [5.74, 6) is 0.00771. The van der Waals surface area contributed by atoms with E-state index in [1.807, 2.05) is 27.7 Å². The number of ether oxygens (including phenoxy) is 1. The van der Waals surface area contributed by atoms with Gasteiger partial charge in [0, 0.05) is 10.9 Å². The second-order valence-electron chi connectivity index (χ2n) is 4.39. The van der Waals surface area contributed by atoms with Gasteiger partial charge in [0.1, 0.15) is 0 Å². The molecule has 0 aromatic heterocycles. The summed E-state index contributed by atoms with van der Waals surface area (Å²) in [6.07, 6.45) is 0.798. The van der Waals surface area contributed by atoms with E-state index in [2.05, 4.69) is 20.7 Å². The zero-order valence-electron chi connectivity index (χ0n) is 10.4. The van der Waals surface area contributed by atoms with E-state index in [1.54, 1.807) is 0 Å². The summed E-state index contributed by atoms with van der Waals surface area (Å²) in [5.41, 5.74) is -0.420. The Morgan fingerprint density at radius 3 is 2.38 bits per heavy atom. The summed E-state index contributed by atoms with van der Waals surface area (Å²) in [5, 5.41) is 0.598. The smallest absolute Gasteiger partial charge is 0.214 e. The quantitative estimate of drug-likeness (QED) is 0.696. The van der Waals surface area contributed by atoms with Crippen LogP contribution in [0, 0.1) is 0 Å². The Bertz CT molecular complexity index is 286. The molecule has 0 saturated carbocycles. The topological polar surface area (TPSA) is 55.4 Å². The normalized spacial score (nSPS) is 16.4. The highest BCUT2D eigenvalue weighted by atomic mass is 79.9. The number of halogens is 1. The molecule has 0 heterocycles. The van der Waals surface area contributed by atoms with E-state index in [4.69, 9.17) is 4.74 Å². The van der Waals surface area contributed by atoms with Crippen molar-refractivity contribution in [2.75, 3.05) is 17.7 Å². The minimum atomic E-state index is -3.26. The Kier molecular flexibility index (Phi) is 7.09. The van der Waals surface area contributed by atoms with Gasteiger partial charge in [0.25, 0.3) is 0 Å². The van der Waals surface area contributed by atoms with Crippen LogP contribution in [0.1, 0.15) is 34.1 Å². The standard InChI is InChI=1S/C10H22BrNO3S/c1-5-10(4,8-11)12-16(13,14)7-6-15-9(2)3/h9,12H,5-8H2,1-4H3. The summed E-state index contributed by atoms with van der Waals surface area (Å²) in [6, 6.07) is 0. The number of rotatable bonds is 8. The highest BCUT2D eigenvalue weighted by Gasteiger charge is 2.26. The molecule has 0 bridgehead atoms. The van der Waals surface area contributed by atoms with Crippen molar-refractivity contribution < 1.29 is 13.2 Å². The first kappa shape index (κ1) is 16.4. The summed E-state index contributed by atoms with van der Waals surface area (Å²) < 4.78 is 31.4. The fourth-order valence-electron chi connectivity index (χ4n) is 1.01. The van der Waals surface area contributed by atoms with Crippen LogP contribution in [0.3, 0.4) is 0 Å². The highest BCUT2D eigenvalue weighted by Crippen LogP contribution is 2.14. The second-order valence-corrected chi connectivity index (χ2v) is 6.79. The number of hydrogen-bond acceptors (Lipinski definition) is 3. The maximum absolute atomic E-state index is 11.7. The van der Waals surface area contributed by atoms with Gasteiger partial charge in [-0.15, -0.1) is 0 Å². The van der Waals surface area contributed by atoms with Gasteiger partial charge in [-0.1, -0.05) is 22.9 Å². The average Bonchev–Trinajstić information content (AvgIpc) is 2.16. The Morgan fingerprint density at radius 1 is 1.44 bits per heavy atom. The fraction of sp³-hybridized carbons (Fsp3) is 1.00. The lowest BCUT2D eigenvalue weighted by atomic mass is 10.0. The van der Waals surface area contributed by atoms with Gasteiger partial charge in [-0.2, -0.15) is 0 Å². The number of sulfonamides is 1. The number of nitrogens with one attached hydrogen (secondary N) is 1. The molecule has 0 aromatic rings. The van der Waals surface area contributed by atoms with E-state index in [9.17, 15) is 8.42 Å². The predicted octanol–water partition coefficient (Wildman–Crippen LogP) is 1.89. The summed E-state index contributed by atoms with van der Waals surface area (Å²) in [7, 11) is -3.26. The van der Waals surface area contributed by atoms with Crippen molar-refractivity contribution in [2.45, 2.75) is 45.8 Å². The van der Waals surface area contributed by atoms with Gasteiger partial charge in [0.15, 0.2) is 0 Å². The average molecular weight is 316 g/mol. The van der Waals surface area contributed by atoms with Gasteiger partial charge in [0.05, 0.1) is 18.5 Å². The Labute approximate surface area is 107 Å². The van der Waals surface area contributed by atoms with Crippen LogP contribution in [-0.2, 0) is 14.8 Å². The van der Waals surface area contributed by atoms with E-state index < -0.39 is 15.6 Å². The predicted molar refractivity (Wildman–Crippen MR) is 70.5 cm³/mol. The third-order valence-corrected chi connectivity index (χ3v) is 5.03. The molecule has 6 heteroatoms. The molecule has 1 atom stereocenters. The van der Waals surface area contributed by atoms with Crippen molar-refractivity contribution in [1.82, 2.24) is 4.72 Å². The van der Waals surface area contributed by atoms with Crippen LogP contribution < -0.4 is 4.72 Å². The fourth-order valence-corrected chi connectivity index (χ4v) is 3.12. The van der Waals surface area contributed by atoms with Gasteiger partial charge in [-0.25, -0.2) is 13.1 Å². The van der Waals surface area contributed by atoms with Gasteiger partial charge in [0.2, 0.25) is 10.0 Å². The molecule has 0 amide bonds. The van der Waals surface area contributed by atoms with Crippen LogP contribution in [0.2, 0.25) is 0 Å². The van der Waals surface area contributed by atoms with Crippen LogP contribution in [-0.4, -0.2) is 37.8 Å². The molecule has 0 aliphatic rings. The molecule has 0 aliphatic carbocycles. The minimum absolute atomic E-state index is 0.00771. The van der Waals surface area contributed by atoms with E-state index in [1.165, 1.54) is 0 Å². The summed E-state index contributed by atoms with van der Waals surface area (Å²) in [4.78, 5) is 0. The molecular formula is C10H22BrNO3S. The first-order chi connectivity index (χ1) is 7.24. The molecule has 4 nitrogen and oxygen atoms in total. The van der Waals surface area contributed by atoms with Crippen molar-refractivity contribution in [2.24, 2.45) is 0 Å². The zero-order chi connectivity index (χ0) is 12.8. The molecule has 0 saturated heterocycles. The van der Waals surface area contributed by atoms with Crippen molar-refractivity contribution in [3.63, 3.8) is 0 Å². The molecule has 1 N–H and O–H groups in total. The van der Waals surface area contributed by atoms with Gasteiger partial charge in [-0.3, -0.25) is 0 Å². The first-order valence-electron chi connectivity index (χ1n) is 5.44.